The highest BCUT2D eigenvalue weighted by Crippen LogP contribution is 2.31. The molecular weight excluding hydrogens is 364 g/mol. The maximum absolute atomic E-state index is 12.6. The number of hydrogen-bond acceptors (Lipinski definition) is 6. The summed E-state index contributed by atoms with van der Waals surface area (Å²) in [6.07, 6.45) is 1.81. The highest BCUT2D eigenvalue weighted by atomic mass is 32.1. The monoisotopic (exact) mass is 388 g/mol. The van der Waals surface area contributed by atoms with Gasteiger partial charge >= 0.3 is 0 Å². The number of hydrogen-bond donors (Lipinski definition) is 0. The first-order valence-corrected chi connectivity index (χ1v) is 10.2. The summed E-state index contributed by atoms with van der Waals surface area (Å²) in [6.45, 7) is 5.12. The van der Waals surface area contributed by atoms with E-state index in [-0.39, 0.29) is 5.91 Å². The summed E-state index contributed by atoms with van der Waals surface area (Å²) < 4.78 is 17.2. The van der Waals surface area contributed by atoms with Gasteiger partial charge in [0.15, 0.2) is 5.79 Å². The van der Waals surface area contributed by atoms with Crippen LogP contribution in [0, 0.1) is 6.92 Å². The number of nitrogens with zero attached hydrogens (tertiary/aromatic N) is 2. The minimum Gasteiger partial charge on any atom is -0.486 e. The Balaban J connectivity index is 1.26. The lowest BCUT2D eigenvalue weighted by Crippen LogP contribution is -2.47. The molecule has 0 aliphatic carbocycles. The van der Waals surface area contributed by atoms with Crippen LogP contribution in [0.1, 0.15) is 29.1 Å². The van der Waals surface area contributed by atoms with Gasteiger partial charge in [-0.3, -0.25) is 4.79 Å². The number of likely N-dealkylation sites (tertiary alicyclic amines) is 1. The number of rotatable bonds is 5. The molecule has 2 aromatic rings. The minimum absolute atomic E-state index is 0.110. The van der Waals surface area contributed by atoms with Gasteiger partial charge in [-0.25, -0.2) is 4.98 Å². The van der Waals surface area contributed by atoms with E-state index in [1.807, 2.05) is 41.5 Å². The quantitative estimate of drug-likeness (QED) is 0.788. The first-order valence-electron chi connectivity index (χ1n) is 9.30. The van der Waals surface area contributed by atoms with E-state index >= 15 is 0 Å². The van der Waals surface area contributed by atoms with Gasteiger partial charge in [0.05, 0.1) is 25.3 Å². The molecule has 2 aliphatic rings. The van der Waals surface area contributed by atoms with E-state index in [1.165, 1.54) is 16.9 Å². The summed E-state index contributed by atoms with van der Waals surface area (Å²) in [4.78, 5) is 19.0. The Labute approximate surface area is 163 Å². The molecule has 0 radical (unpaired) electrons. The van der Waals surface area contributed by atoms with Crippen LogP contribution in [0.25, 0.3) is 0 Å². The molecule has 0 atom stereocenters. The van der Waals surface area contributed by atoms with Crippen molar-refractivity contribution in [3.63, 3.8) is 0 Å². The zero-order valence-corrected chi connectivity index (χ0v) is 16.3. The Morgan fingerprint density at radius 1 is 1.22 bits per heavy atom. The average Bonchev–Trinajstić information content (AvgIpc) is 3.32. The van der Waals surface area contributed by atoms with Gasteiger partial charge in [0.25, 0.3) is 0 Å². The molecule has 0 unspecified atom stereocenters. The molecule has 2 saturated heterocycles. The predicted molar refractivity (Wildman–Crippen MR) is 102 cm³/mol. The van der Waals surface area contributed by atoms with Crippen molar-refractivity contribution >= 4 is 17.2 Å². The summed E-state index contributed by atoms with van der Waals surface area (Å²) in [5.41, 5.74) is 2.01. The molecule has 3 heterocycles. The second-order valence-corrected chi connectivity index (χ2v) is 7.94. The molecule has 1 aromatic carbocycles. The summed E-state index contributed by atoms with van der Waals surface area (Å²) >= 11 is 1.53. The summed E-state index contributed by atoms with van der Waals surface area (Å²) in [6, 6.07) is 7.94. The Morgan fingerprint density at radius 2 is 1.93 bits per heavy atom. The van der Waals surface area contributed by atoms with E-state index in [1.54, 1.807) is 0 Å². The van der Waals surface area contributed by atoms with Crippen LogP contribution in [-0.2, 0) is 27.3 Å². The molecule has 2 aliphatic heterocycles. The molecule has 6 nitrogen and oxygen atoms in total. The maximum Gasteiger partial charge on any atom is 0.228 e. The molecule has 7 heteroatoms. The van der Waals surface area contributed by atoms with Gasteiger partial charge in [-0.05, 0) is 19.1 Å². The zero-order valence-electron chi connectivity index (χ0n) is 15.5. The van der Waals surface area contributed by atoms with E-state index in [4.69, 9.17) is 14.2 Å². The molecule has 0 bridgehead atoms. The third-order valence-corrected chi connectivity index (χ3v) is 5.88. The van der Waals surface area contributed by atoms with Gasteiger partial charge in [-0.2, -0.15) is 0 Å². The van der Waals surface area contributed by atoms with Crippen LogP contribution in [0.3, 0.4) is 0 Å². The van der Waals surface area contributed by atoms with Crippen molar-refractivity contribution in [2.75, 3.05) is 26.3 Å². The van der Waals surface area contributed by atoms with E-state index in [2.05, 4.69) is 4.98 Å². The Kier molecular flexibility index (Phi) is 5.43. The van der Waals surface area contributed by atoms with E-state index in [0.29, 0.717) is 39.3 Å². The number of thiazole rings is 1. The van der Waals surface area contributed by atoms with Gasteiger partial charge < -0.3 is 19.1 Å². The zero-order chi connectivity index (χ0) is 18.7. The van der Waals surface area contributed by atoms with Gasteiger partial charge in [-0.15, -0.1) is 11.3 Å². The number of ether oxygens (including phenoxy) is 3. The van der Waals surface area contributed by atoms with Gasteiger partial charge in [0, 0.05) is 31.3 Å². The van der Waals surface area contributed by atoms with Crippen molar-refractivity contribution in [3.8, 4) is 5.75 Å². The lowest BCUT2D eigenvalue weighted by Gasteiger charge is -2.37. The average molecular weight is 388 g/mol. The van der Waals surface area contributed by atoms with Crippen molar-refractivity contribution in [1.82, 2.24) is 9.88 Å². The normalized spacial score (nSPS) is 18.8. The molecule has 1 aromatic heterocycles. The van der Waals surface area contributed by atoms with E-state index in [0.717, 1.165) is 29.3 Å². The smallest absolute Gasteiger partial charge is 0.228 e. The largest absolute Gasteiger partial charge is 0.486 e. The SMILES string of the molecule is Cc1ccc(OCc2nc(CC(=O)N3CCC4(CC3)OCCO4)cs2)cc1. The number of carbonyl (C=O) groups excluding carboxylic acids is 1. The van der Waals surface area contributed by atoms with Crippen molar-refractivity contribution in [2.24, 2.45) is 0 Å². The molecule has 1 spiro atoms. The van der Waals surface area contributed by atoms with Crippen LogP contribution in [0.2, 0.25) is 0 Å². The molecule has 27 heavy (non-hydrogen) atoms. The van der Waals surface area contributed by atoms with Gasteiger partial charge in [-0.1, -0.05) is 17.7 Å². The Hall–Kier alpha value is -1.96. The molecule has 1 amide bonds. The Bertz CT molecular complexity index is 774. The number of aryl methyl sites for hydroxylation is 1. The van der Waals surface area contributed by atoms with Gasteiger partial charge in [0.1, 0.15) is 17.4 Å². The molecular formula is C20H24N2O4S. The predicted octanol–water partition coefficient (Wildman–Crippen LogP) is 2.94. The number of aromatic nitrogens is 1. The van der Waals surface area contributed by atoms with Crippen molar-refractivity contribution < 1.29 is 19.0 Å². The summed E-state index contributed by atoms with van der Waals surface area (Å²) in [7, 11) is 0. The molecule has 2 fully saturated rings. The van der Waals surface area contributed by atoms with Gasteiger partial charge in [0.2, 0.25) is 5.91 Å². The molecule has 4 rings (SSSR count). The van der Waals surface area contributed by atoms with Crippen molar-refractivity contribution in [3.05, 3.63) is 45.9 Å². The number of benzene rings is 1. The molecule has 144 valence electrons. The molecule has 0 saturated carbocycles. The third kappa shape index (κ3) is 4.48. The second-order valence-electron chi connectivity index (χ2n) is 7.00. The van der Waals surface area contributed by atoms with Crippen LogP contribution in [0.15, 0.2) is 29.6 Å². The minimum atomic E-state index is -0.447. The number of amides is 1. The fraction of sp³-hybridized carbons (Fsp3) is 0.500. The lowest BCUT2D eigenvalue weighted by atomic mass is 10.0. The number of carbonyl (C=O) groups is 1. The standard InChI is InChI=1S/C20H24N2O4S/c1-15-2-4-17(5-3-15)24-13-18-21-16(14-27-18)12-19(23)22-8-6-20(7-9-22)25-10-11-26-20/h2-5,14H,6-13H2,1H3. The fourth-order valence-corrected chi connectivity index (χ4v) is 4.13. The van der Waals surface area contributed by atoms with Crippen LogP contribution in [0.5, 0.6) is 5.75 Å². The van der Waals surface area contributed by atoms with E-state index < -0.39 is 5.79 Å². The topological polar surface area (TPSA) is 60.9 Å². The first-order chi connectivity index (χ1) is 13.1. The fourth-order valence-electron chi connectivity index (χ4n) is 3.43. The first kappa shape index (κ1) is 18.4. The lowest BCUT2D eigenvalue weighted by molar-refractivity contribution is -0.187. The van der Waals surface area contributed by atoms with Crippen LogP contribution in [-0.4, -0.2) is 47.9 Å². The highest BCUT2D eigenvalue weighted by Gasteiger charge is 2.40. The van der Waals surface area contributed by atoms with Crippen LogP contribution in [0.4, 0.5) is 0 Å². The summed E-state index contributed by atoms with van der Waals surface area (Å²) in [5.74, 6) is 0.490. The van der Waals surface area contributed by atoms with Crippen molar-refractivity contribution in [2.45, 2.75) is 38.6 Å². The second kappa shape index (κ2) is 7.96. The maximum atomic E-state index is 12.6. The molecule has 0 N–H and O–H groups in total. The van der Waals surface area contributed by atoms with Crippen molar-refractivity contribution in [1.29, 1.82) is 0 Å². The third-order valence-electron chi connectivity index (χ3n) is 5.01. The Morgan fingerprint density at radius 3 is 2.63 bits per heavy atom. The van der Waals surface area contributed by atoms with E-state index in [9.17, 15) is 4.79 Å². The van der Waals surface area contributed by atoms with Crippen LogP contribution < -0.4 is 4.74 Å². The highest BCUT2D eigenvalue weighted by molar-refractivity contribution is 7.09. The van der Waals surface area contributed by atoms with Crippen LogP contribution >= 0.6 is 11.3 Å². The number of piperidine rings is 1. The summed E-state index contributed by atoms with van der Waals surface area (Å²) in [5, 5.41) is 2.82.